The molecule has 0 spiro atoms. The van der Waals surface area contributed by atoms with E-state index in [0.717, 1.165) is 12.0 Å². The van der Waals surface area contributed by atoms with E-state index >= 15 is 0 Å². The first-order valence-electron chi connectivity index (χ1n) is 4.59. The monoisotopic (exact) mass is 194 g/mol. The Bertz CT molecular complexity index is 315. The molecule has 1 rings (SSSR count). The number of ether oxygens (including phenoxy) is 1. The maximum absolute atomic E-state index is 10.8. The average molecular weight is 194 g/mol. The molecule has 4 heteroatoms. The maximum atomic E-state index is 10.8. The standard InChI is InChI=1S/C10H14N2O2/c1-6-4-10(12-8(3)13)14-9(5-11)7(6)2/h6,10H,4H2,1-3H3,(H,12,13)/t6-,10+/m1/s1. The second kappa shape index (κ2) is 4.14. The molecule has 0 saturated heterocycles. The number of hydrogen-bond acceptors (Lipinski definition) is 3. The smallest absolute Gasteiger partial charge is 0.219 e. The van der Waals surface area contributed by atoms with Gasteiger partial charge in [0, 0.05) is 13.3 Å². The van der Waals surface area contributed by atoms with E-state index in [-0.39, 0.29) is 18.1 Å². The minimum absolute atomic E-state index is 0.140. The number of hydrogen-bond donors (Lipinski definition) is 1. The number of carbonyl (C=O) groups is 1. The number of carbonyl (C=O) groups excluding carboxylic acids is 1. The third kappa shape index (κ3) is 2.25. The van der Waals surface area contributed by atoms with Gasteiger partial charge in [-0.25, -0.2) is 0 Å². The van der Waals surface area contributed by atoms with Gasteiger partial charge in [0.05, 0.1) is 0 Å². The Morgan fingerprint density at radius 3 is 2.86 bits per heavy atom. The first-order chi connectivity index (χ1) is 6.54. The zero-order chi connectivity index (χ0) is 10.7. The van der Waals surface area contributed by atoms with E-state index in [1.165, 1.54) is 6.92 Å². The third-order valence-electron chi connectivity index (χ3n) is 2.39. The van der Waals surface area contributed by atoms with Gasteiger partial charge in [-0.15, -0.1) is 0 Å². The topological polar surface area (TPSA) is 62.1 Å². The highest BCUT2D eigenvalue weighted by Gasteiger charge is 2.25. The van der Waals surface area contributed by atoms with Crippen molar-refractivity contribution in [1.82, 2.24) is 5.32 Å². The van der Waals surface area contributed by atoms with Crippen LogP contribution in [0, 0.1) is 17.2 Å². The summed E-state index contributed by atoms with van der Waals surface area (Å²) in [6, 6.07) is 1.99. The van der Waals surface area contributed by atoms with Gasteiger partial charge in [-0.1, -0.05) is 6.92 Å². The summed E-state index contributed by atoms with van der Waals surface area (Å²) in [4.78, 5) is 10.8. The number of rotatable bonds is 1. The van der Waals surface area contributed by atoms with Crippen molar-refractivity contribution in [2.24, 2.45) is 5.92 Å². The summed E-state index contributed by atoms with van der Waals surface area (Å²) in [6.45, 7) is 5.34. The van der Waals surface area contributed by atoms with Crippen LogP contribution in [-0.2, 0) is 9.53 Å². The molecule has 76 valence electrons. The Kier molecular flexibility index (Phi) is 3.13. The summed E-state index contributed by atoms with van der Waals surface area (Å²) in [5, 5.41) is 11.4. The Balaban J connectivity index is 2.75. The molecule has 0 fully saturated rings. The van der Waals surface area contributed by atoms with Crippen molar-refractivity contribution in [3.05, 3.63) is 11.3 Å². The van der Waals surface area contributed by atoms with Crippen molar-refractivity contribution in [2.75, 3.05) is 0 Å². The van der Waals surface area contributed by atoms with Gasteiger partial charge in [-0.05, 0) is 18.4 Å². The fourth-order valence-corrected chi connectivity index (χ4v) is 1.43. The largest absolute Gasteiger partial charge is 0.460 e. The first kappa shape index (κ1) is 10.6. The van der Waals surface area contributed by atoms with Gasteiger partial charge in [-0.3, -0.25) is 4.79 Å². The fraction of sp³-hybridized carbons (Fsp3) is 0.600. The predicted molar refractivity (Wildman–Crippen MR) is 50.8 cm³/mol. The van der Waals surface area contributed by atoms with Gasteiger partial charge in [-0.2, -0.15) is 5.26 Å². The van der Waals surface area contributed by atoms with Crippen molar-refractivity contribution in [3.63, 3.8) is 0 Å². The van der Waals surface area contributed by atoms with Gasteiger partial charge in [0.25, 0.3) is 0 Å². The molecule has 14 heavy (non-hydrogen) atoms. The van der Waals surface area contributed by atoms with E-state index < -0.39 is 0 Å². The van der Waals surface area contributed by atoms with Crippen LogP contribution in [0.5, 0.6) is 0 Å². The molecule has 0 radical (unpaired) electrons. The molecule has 1 amide bonds. The lowest BCUT2D eigenvalue weighted by molar-refractivity contribution is -0.122. The summed E-state index contributed by atoms with van der Waals surface area (Å²) in [6.07, 6.45) is 0.359. The second-order valence-electron chi connectivity index (χ2n) is 3.57. The van der Waals surface area contributed by atoms with Crippen LogP contribution in [0.1, 0.15) is 27.2 Å². The fourth-order valence-electron chi connectivity index (χ4n) is 1.43. The van der Waals surface area contributed by atoms with Crippen LogP contribution in [0.2, 0.25) is 0 Å². The zero-order valence-electron chi connectivity index (χ0n) is 8.63. The Morgan fingerprint density at radius 2 is 2.36 bits per heavy atom. The molecule has 0 aliphatic carbocycles. The van der Waals surface area contributed by atoms with Crippen LogP contribution in [-0.4, -0.2) is 12.1 Å². The normalized spacial score (nSPS) is 26.4. The van der Waals surface area contributed by atoms with E-state index in [4.69, 9.17) is 10.00 Å². The van der Waals surface area contributed by atoms with E-state index in [9.17, 15) is 4.79 Å². The second-order valence-corrected chi connectivity index (χ2v) is 3.57. The lowest BCUT2D eigenvalue weighted by Crippen LogP contribution is -2.39. The zero-order valence-corrected chi connectivity index (χ0v) is 8.63. The minimum atomic E-state index is -0.360. The molecule has 1 aliphatic heterocycles. The van der Waals surface area contributed by atoms with Crippen molar-refractivity contribution in [1.29, 1.82) is 5.26 Å². The van der Waals surface area contributed by atoms with Crippen molar-refractivity contribution in [2.45, 2.75) is 33.4 Å². The van der Waals surface area contributed by atoms with E-state index in [1.54, 1.807) is 0 Å². The number of allylic oxidation sites excluding steroid dienone is 2. The molecule has 0 aromatic rings. The summed E-state index contributed by atoms with van der Waals surface area (Å²) in [5.41, 5.74) is 0.953. The highest BCUT2D eigenvalue weighted by Crippen LogP contribution is 2.27. The predicted octanol–water partition coefficient (Wildman–Crippen LogP) is 1.30. The van der Waals surface area contributed by atoms with Gasteiger partial charge in [0.2, 0.25) is 5.91 Å². The molecule has 0 aromatic carbocycles. The molecule has 0 unspecified atom stereocenters. The van der Waals surface area contributed by atoms with Gasteiger partial charge in [0.1, 0.15) is 6.07 Å². The van der Waals surface area contributed by atoms with Crippen molar-refractivity contribution >= 4 is 5.91 Å². The van der Waals surface area contributed by atoms with E-state index in [1.807, 2.05) is 19.9 Å². The first-order valence-corrected chi connectivity index (χ1v) is 4.59. The molecule has 2 atom stereocenters. The van der Waals surface area contributed by atoms with Crippen molar-refractivity contribution in [3.8, 4) is 6.07 Å². The summed E-state index contributed by atoms with van der Waals surface area (Å²) in [7, 11) is 0. The summed E-state index contributed by atoms with van der Waals surface area (Å²) < 4.78 is 5.32. The lowest BCUT2D eigenvalue weighted by atomic mass is 9.95. The molecule has 0 bridgehead atoms. The average Bonchev–Trinajstić information content (AvgIpc) is 2.10. The SMILES string of the molecule is CC(=O)N[C@@H]1C[C@@H](C)C(C)=C(C#N)O1. The van der Waals surface area contributed by atoms with Crippen LogP contribution in [0.4, 0.5) is 0 Å². The maximum Gasteiger partial charge on any atom is 0.219 e. The van der Waals surface area contributed by atoms with Crippen LogP contribution >= 0.6 is 0 Å². The van der Waals surface area contributed by atoms with Gasteiger partial charge in [0.15, 0.2) is 12.0 Å². The molecule has 1 heterocycles. The number of nitriles is 1. The molecule has 0 aromatic heterocycles. The third-order valence-corrected chi connectivity index (χ3v) is 2.39. The van der Waals surface area contributed by atoms with Gasteiger partial charge < -0.3 is 10.1 Å². The molecule has 1 aliphatic rings. The highest BCUT2D eigenvalue weighted by molar-refractivity contribution is 5.73. The molecular formula is C10H14N2O2. The Hall–Kier alpha value is -1.50. The molecule has 0 saturated carbocycles. The van der Waals surface area contributed by atoms with Crippen LogP contribution in [0.15, 0.2) is 11.3 Å². The quantitative estimate of drug-likeness (QED) is 0.684. The molecule has 1 N–H and O–H groups in total. The summed E-state index contributed by atoms with van der Waals surface area (Å²) >= 11 is 0. The minimum Gasteiger partial charge on any atom is -0.460 e. The van der Waals surface area contributed by atoms with Gasteiger partial charge >= 0.3 is 0 Å². The van der Waals surface area contributed by atoms with Crippen LogP contribution < -0.4 is 5.32 Å². The molecular weight excluding hydrogens is 180 g/mol. The number of nitrogens with zero attached hydrogens (tertiary/aromatic N) is 1. The van der Waals surface area contributed by atoms with E-state index in [0.29, 0.717) is 5.76 Å². The number of amides is 1. The van der Waals surface area contributed by atoms with Crippen LogP contribution in [0.25, 0.3) is 0 Å². The highest BCUT2D eigenvalue weighted by atomic mass is 16.5. The van der Waals surface area contributed by atoms with Crippen molar-refractivity contribution < 1.29 is 9.53 Å². The summed E-state index contributed by atoms with van der Waals surface area (Å²) in [5.74, 6) is 0.469. The lowest BCUT2D eigenvalue weighted by Gasteiger charge is -2.28. The molecule has 4 nitrogen and oxygen atoms in total. The number of nitrogens with one attached hydrogen (secondary N) is 1. The van der Waals surface area contributed by atoms with E-state index in [2.05, 4.69) is 5.32 Å². The Morgan fingerprint density at radius 1 is 1.71 bits per heavy atom. The Labute approximate surface area is 83.5 Å². The van der Waals surface area contributed by atoms with Crippen LogP contribution in [0.3, 0.4) is 0 Å².